The van der Waals surface area contributed by atoms with E-state index in [0.29, 0.717) is 31.1 Å². The molecule has 184 valence electrons. The van der Waals surface area contributed by atoms with Crippen molar-refractivity contribution < 1.29 is 19.1 Å². The maximum Gasteiger partial charge on any atom is 0.246 e. The van der Waals surface area contributed by atoms with Gasteiger partial charge in [0.15, 0.2) is 11.5 Å². The third-order valence-corrected chi connectivity index (χ3v) is 7.18. The van der Waals surface area contributed by atoms with E-state index in [1.165, 1.54) is 0 Å². The topological polar surface area (TPSA) is 74.9 Å². The molecule has 7 nitrogen and oxygen atoms in total. The molecule has 2 aliphatic rings. The van der Waals surface area contributed by atoms with E-state index in [2.05, 4.69) is 18.0 Å². The molecule has 1 N–H and O–H groups in total. The smallest absolute Gasteiger partial charge is 0.246 e. The molecule has 3 heterocycles. The van der Waals surface area contributed by atoms with Crippen molar-refractivity contribution in [3.63, 3.8) is 0 Å². The van der Waals surface area contributed by atoms with Crippen molar-refractivity contribution in [1.29, 1.82) is 0 Å². The lowest BCUT2D eigenvalue weighted by atomic mass is 9.86. The number of benzene rings is 2. The first-order valence-electron chi connectivity index (χ1n) is 12.6. The second-order valence-corrected chi connectivity index (χ2v) is 9.30. The lowest BCUT2D eigenvalue weighted by Crippen LogP contribution is -2.63. The highest BCUT2D eigenvalue weighted by Gasteiger charge is 2.48. The van der Waals surface area contributed by atoms with Crippen LogP contribution >= 0.6 is 0 Å². The maximum absolute atomic E-state index is 13.7. The van der Waals surface area contributed by atoms with Crippen molar-refractivity contribution in [1.82, 2.24) is 14.8 Å². The van der Waals surface area contributed by atoms with Crippen molar-refractivity contribution in [2.75, 3.05) is 26.8 Å². The van der Waals surface area contributed by atoms with Crippen LogP contribution in [-0.4, -0.2) is 59.4 Å². The molecule has 0 radical (unpaired) electrons. The molecule has 0 bridgehead atoms. The average molecular weight is 476 g/mol. The Bertz CT molecular complexity index is 1250. The Morgan fingerprint density at radius 2 is 1.89 bits per heavy atom. The van der Waals surface area contributed by atoms with Crippen molar-refractivity contribution in [3.05, 3.63) is 59.3 Å². The first-order valence-corrected chi connectivity index (χ1v) is 12.6. The molecular formula is C28H33N3O4. The van der Waals surface area contributed by atoms with Crippen LogP contribution < -0.4 is 9.47 Å². The average Bonchev–Trinajstić information content (AvgIpc) is 3.24. The summed E-state index contributed by atoms with van der Waals surface area (Å²) in [5, 5.41) is 1.11. The summed E-state index contributed by atoms with van der Waals surface area (Å²) in [7, 11) is 1.61. The molecule has 1 unspecified atom stereocenters. The Labute approximate surface area is 206 Å². The number of hydrogen-bond donors (Lipinski definition) is 1. The summed E-state index contributed by atoms with van der Waals surface area (Å²) >= 11 is 0. The van der Waals surface area contributed by atoms with Gasteiger partial charge < -0.3 is 24.3 Å². The number of amides is 2. The Hall–Kier alpha value is -3.48. The minimum absolute atomic E-state index is 0.0201. The number of aromatic nitrogens is 1. The zero-order chi connectivity index (χ0) is 24.5. The van der Waals surface area contributed by atoms with Crippen molar-refractivity contribution in [2.24, 2.45) is 0 Å². The van der Waals surface area contributed by atoms with Gasteiger partial charge in [0.2, 0.25) is 11.8 Å². The molecule has 0 spiro atoms. The van der Waals surface area contributed by atoms with Gasteiger partial charge in [-0.2, -0.15) is 0 Å². The number of piperazine rings is 1. The van der Waals surface area contributed by atoms with Gasteiger partial charge >= 0.3 is 0 Å². The van der Waals surface area contributed by atoms with Gasteiger partial charge in [-0.1, -0.05) is 44.0 Å². The number of fused-ring (bicyclic) bond motifs is 4. The molecule has 2 aromatic carbocycles. The molecule has 0 aliphatic carbocycles. The summed E-state index contributed by atoms with van der Waals surface area (Å²) in [6.45, 7) is 5.35. The minimum Gasteiger partial charge on any atom is -0.493 e. The van der Waals surface area contributed by atoms with Crippen LogP contribution in [0, 0.1) is 0 Å². The van der Waals surface area contributed by atoms with E-state index in [-0.39, 0.29) is 18.4 Å². The standard InChI is InChI=1S/C28H33N3O4/c1-4-6-9-14-30-17-25(32)31-22(28(30)33)16-20-19-10-7-8-11-21(19)29-26(20)27(31)18-12-13-23(35-5-2)24(15-18)34-3/h7-8,10-13,15,22,27,29H,4-6,9,14,16-17H2,1-3H3/t22-,27?/m0/s1. The van der Waals surface area contributed by atoms with Crippen LogP contribution in [0.25, 0.3) is 10.9 Å². The Balaban J connectivity index is 1.62. The predicted octanol–water partition coefficient (Wildman–Crippen LogP) is 4.45. The predicted molar refractivity (Wildman–Crippen MR) is 135 cm³/mol. The van der Waals surface area contributed by atoms with Crippen molar-refractivity contribution in [2.45, 2.75) is 51.6 Å². The van der Waals surface area contributed by atoms with Crippen molar-refractivity contribution >= 4 is 22.7 Å². The molecule has 1 aromatic heterocycles. The fourth-order valence-corrected chi connectivity index (χ4v) is 5.54. The number of unbranched alkanes of at least 4 members (excludes halogenated alkanes) is 2. The van der Waals surface area contributed by atoms with Gasteiger partial charge in [0.1, 0.15) is 6.04 Å². The fraction of sp³-hybridized carbons (Fsp3) is 0.429. The van der Waals surface area contributed by atoms with E-state index in [9.17, 15) is 9.59 Å². The van der Waals surface area contributed by atoms with Crippen LogP contribution in [0.2, 0.25) is 0 Å². The number of rotatable bonds is 8. The van der Waals surface area contributed by atoms with E-state index >= 15 is 0 Å². The van der Waals surface area contributed by atoms with Gasteiger partial charge in [-0.3, -0.25) is 9.59 Å². The minimum atomic E-state index is -0.521. The van der Waals surface area contributed by atoms with Gasteiger partial charge in [0.25, 0.3) is 0 Å². The van der Waals surface area contributed by atoms with Crippen molar-refractivity contribution in [3.8, 4) is 11.5 Å². The van der Waals surface area contributed by atoms with E-state index in [0.717, 1.165) is 47.0 Å². The molecule has 2 amide bonds. The van der Waals surface area contributed by atoms with Crippen LogP contribution in [0.4, 0.5) is 0 Å². The summed E-state index contributed by atoms with van der Waals surface area (Å²) in [5.41, 5.74) is 3.98. The number of methoxy groups -OCH3 is 1. The molecule has 0 saturated carbocycles. The summed E-state index contributed by atoms with van der Waals surface area (Å²) in [4.78, 5) is 34.4. The van der Waals surface area contributed by atoms with Gasteiger partial charge in [-0.25, -0.2) is 0 Å². The monoisotopic (exact) mass is 475 g/mol. The third-order valence-electron chi connectivity index (χ3n) is 7.18. The van der Waals surface area contributed by atoms with Gasteiger partial charge in [-0.15, -0.1) is 0 Å². The molecule has 35 heavy (non-hydrogen) atoms. The fourth-order valence-electron chi connectivity index (χ4n) is 5.54. The molecular weight excluding hydrogens is 442 g/mol. The molecule has 5 rings (SSSR count). The molecule has 7 heteroatoms. The van der Waals surface area contributed by atoms with E-state index < -0.39 is 12.1 Å². The summed E-state index contributed by atoms with van der Waals surface area (Å²) in [6.07, 6.45) is 3.55. The zero-order valence-corrected chi connectivity index (χ0v) is 20.7. The summed E-state index contributed by atoms with van der Waals surface area (Å²) in [5.74, 6) is 1.29. The molecule has 1 fully saturated rings. The van der Waals surface area contributed by atoms with Crippen LogP contribution in [0.15, 0.2) is 42.5 Å². The summed E-state index contributed by atoms with van der Waals surface area (Å²) < 4.78 is 11.3. The second-order valence-electron chi connectivity index (χ2n) is 9.30. The lowest BCUT2D eigenvalue weighted by molar-refractivity contribution is -0.158. The van der Waals surface area contributed by atoms with Crippen LogP contribution in [0.1, 0.15) is 56.0 Å². The van der Waals surface area contributed by atoms with E-state index in [1.807, 2.05) is 43.3 Å². The number of nitrogens with one attached hydrogen (secondary N) is 1. The number of aromatic amines is 1. The lowest BCUT2D eigenvalue weighted by Gasteiger charge is -2.47. The van der Waals surface area contributed by atoms with Crippen LogP contribution in [-0.2, 0) is 16.0 Å². The number of H-pyrrole nitrogens is 1. The number of carbonyl (C=O) groups excluding carboxylic acids is 2. The van der Waals surface area contributed by atoms with Gasteiger partial charge in [0.05, 0.1) is 26.3 Å². The Morgan fingerprint density at radius 3 is 2.66 bits per heavy atom. The quantitative estimate of drug-likeness (QED) is 0.489. The second kappa shape index (κ2) is 9.64. The third kappa shape index (κ3) is 4.03. The van der Waals surface area contributed by atoms with E-state index in [1.54, 1.807) is 16.9 Å². The number of para-hydroxylation sites is 1. The maximum atomic E-state index is 13.7. The highest BCUT2D eigenvalue weighted by Crippen LogP contribution is 2.44. The Kier molecular flexibility index (Phi) is 6.41. The normalized spacial score (nSPS) is 19.6. The zero-order valence-electron chi connectivity index (χ0n) is 20.7. The largest absolute Gasteiger partial charge is 0.493 e. The van der Waals surface area contributed by atoms with E-state index in [4.69, 9.17) is 9.47 Å². The SMILES string of the molecule is CCCCCN1CC(=O)N2C(c3ccc(OCC)c(OC)c3)c3[nH]c4ccccc4c3C[C@H]2C1=O. The number of hydrogen-bond acceptors (Lipinski definition) is 4. The summed E-state index contributed by atoms with van der Waals surface area (Å²) in [6, 6.07) is 13.0. The molecule has 3 aromatic rings. The highest BCUT2D eigenvalue weighted by atomic mass is 16.5. The molecule has 2 atom stereocenters. The van der Waals surface area contributed by atoms with Gasteiger partial charge in [0, 0.05) is 29.6 Å². The number of nitrogens with zero attached hydrogens (tertiary/aromatic N) is 2. The first kappa shape index (κ1) is 23.3. The number of ether oxygens (including phenoxy) is 2. The van der Waals surface area contributed by atoms with Crippen LogP contribution in [0.3, 0.4) is 0 Å². The molecule has 1 saturated heterocycles. The molecule has 2 aliphatic heterocycles. The first-order chi connectivity index (χ1) is 17.1. The highest BCUT2D eigenvalue weighted by molar-refractivity contribution is 5.97. The number of carbonyl (C=O) groups is 2. The Morgan fingerprint density at radius 1 is 1.06 bits per heavy atom. The van der Waals surface area contributed by atoms with Crippen LogP contribution in [0.5, 0.6) is 11.5 Å². The van der Waals surface area contributed by atoms with Gasteiger partial charge in [-0.05, 0) is 42.7 Å².